The number of carbonyl (C=O) groups excluding carboxylic acids is 3. The molecule has 7 heteroatoms. The number of anilines is 1. The molecule has 3 amide bonds. The zero-order valence-electron chi connectivity index (χ0n) is 18.2. The number of alkyl halides is 2. The van der Waals surface area contributed by atoms with Crippen molar-refractivity contribution in [2.45, 2.75) is 22.7 Å². The minimum Gasteiger partial charge on any atom is -0.324 e. The highest BCUT2D eigenvalue weighted by Gasteiger charge is 2.73. The van der Waals surface area contributed by atoms with Gasteiger partial charge in [-0.1, -0.05) is 66.7 Å². The van der Waals surface area contributed by atoms with Crippen LogP contribution in [0.4, 0.5) is 5.69 Å². The Balaban J connectivity index is 1.48. The molecule has 7 rings (SSSR count). The lowest BCUT2D eigenvalue weighted by molar-refractivity contribution is -0.146. The minimum atomic E-state index is -1.26. The molecule has 3 aromatic rings. The van der Waals surface area contributed by atoms with Crippen molar-refractivity contribution in [3.8, 4) is 0 Å². The Morgan fingerprint density at radius 2 is 1.15 bits per heavy atom. The van der Waals surface area contributed by atoms with Crippen molar-refractivity contribution in [2.75, 3.05) is 5.32 Å². The lowest BCUT2D eigenvalue weighted by atomic mass is 9.54. The number of amides is 3. The second-order valence-electron chi connectivity index (χ2n) is 9.05. The van der Waals surface area contributed by atoms with E-state index in [0.29, 0.717) is 5.69 Å². The summed E-state index contributed by atoms with van der Waals surface area (Å²) in [5.74, 6) is -3.25. The van der Waals surface area contributed by atoms with Gasteiger partial charge in [-0.3, -0.25) is 19.3 Å². The Kier molecular flexibility index (Phi) is 4.51. The van der Waals surface area contributed by atoms with E-state index < -0.39 is 45.3 Å². The highest BCUT2D eigenvalue weighted by atomic mass is 35.5. The molecule has 0 unspecified atom stereocenters. The monoisotopic (exact) mass is 490 g/mol. The Hall–Kier alpha value is -3.15. The van der Waals surface area contributed by atoms with Gasteiger partial charge in [0, 0.05) is 5.69 Å². The van der Waals surface area contributed by atoms with Gasteiger partial charge in [0.15, 0.2) is 0 Å². The second-order valence-corrected chi connectivity index (χ2v) is 10.2. The van der Waals surface area contributed by atoms with E-state index in [1.165, 1.54) is 0 Å². The van der Waals surface area contributed by atoms with E-state index in [9.17, 15) is 14.4 Å². The number of carbonyl (C=O) groups is 3. The van der Waals surface area contributed by atoms with Crippen molar-refractivity contribution >= 4 is 46.6 Å². The first-order valence-corrected chi connectivity index (χ1v) is 11.9. The Morgan fingerprint density at radius 3 is 1.56 bits per heavy atom. The number of halogens is 2. The Bertz CT molecular complexity index is 1250. The maximum Gasteiger partial charge on any atom is 0.247 e. The quantitative estimate of drug-likeness (QED) is 0.430. The lowest BCUT2D eigenvalue weighted by Gasteiger charge is -2.54. The summed E-state index contributed by atoms with van der Waals surface area (Å²) < 4.78 is 0. The number of benzene rings is 3. The Labute approximate surface area is 206 Å². The molecule has 0 aromatic heterocycles. The molecule has 1 fully saturated rings. The molecular formula is C27H20Cl2N2O3. The summed E-state index contributed by atoms with van der Waals surface area (Å²) >= 11 is 14.8. The highest BCUT2D eigenvalue weighted by molar-refractivity contribution is 6.36. The predicted octanol–water partition coefficient (Wildman–Crippen LogP) is 4.61. The molecule has 34 heavy (non-hydrogen) atoms. The predicted molar refractivity (Wildman–Crippen MR) is 130 cm³/mol. The van der Waals surface area contributed by atoms with Crippen LogP contribution in [0, 0.1) is 11.8 Å². The SMILES string of the molecule is C[C@H](C(=O)Nc1ccccc1)N1C(=O)[C@@H]2[C@H](C1=O)C1(Cl)c3ccccc3C2(Cl)c2ccccc21. The summed E-state index contributed by atoms with van der Waals surface area (Å²) in [4.78, 5) is 39.4. The average molecular weight is 491 g/mol. The maximum atomic E-state index is 13.9. The number of para-hydroxylation sites is 1. The number of likely N-dealkylation sites (tertiary alicyclic amines) is 1. The number of rotatable bonds is 3. The standard InChI is InChI=1S/C27H20Cl2N2O3/c1-15(23(32)30-16-9-3-2-4-10-16)31-24(33)21-22(25(31)34)27(29)18-12-6-5-11-17(18)26(21,28)19-13-7-8-14-20(19)27/h2-15,21-22H,1H3,(H,30,32)/t15-,21-,22+,26?,27?/m1/s1. The molecule has 5 nitrogen and oxygen atoms in total. The van der Waals surface area contributed by atoms with Crippen molar-refractivity contribution in [1.82, 2.24) is 4.90 Å². The van der Waals surface area contributed by atoms with Gasteiger partial charge in [0.2, 0.25) is 17.7 Å². The molecule has 1 N–H and O–H groups in total. The third-order valence-corrected chi connectivity index (χ3v) is 8.71. The molecule has 1 saturated heterocycles. The fourth-order valence-electron chi connectivity index (χ4n) is 5.96. The van der Waals surface area contributed by atoms with Crippen LogP contribution in [0.3, 0.4) is 0 Å². The van der Waals surface area contributed by atoms with E-state index in [4.69, 9.17) is 23.2 Å². The highest BCUT2D eigenvalue weighted by Crippen LogP contribution is 2.69. The van der Waals surface area contributed by atoms with Crippen molar-refractivity contribution in [2.24, 2.45) is 11.8 Å². The third kappa shape index (κ3) is 2.49. The van der Waals surface area contributed by atoms with Gasteiger partial charge in [0.1, 0.15) is 15.8 Å². The fourth-order valence-corrected chi connectivity index (χ4v) is 7.05. The fraction of sp³-hybridized carbons (Fsp3) is 0.222. The minimum absolute atomic E-state index is 0.457. The number of nitrogens with one attached hydrogen (secondary N) is 1. The molecule has 0 saturated carbocycles. The van der Waals surface area contributed by atoms with Crippen LogP contribution in [-0.2, 0) is 24.1 Å². The first-order valence-electron chi connectivity index (χ1n) is 11.1. The summed E-state index contributed by atoms with van der Waals surface area (Å²) in [7, 11) is 0. The molecule has 3 aromatic carbocycles. The molecule has 4 aliphatic rings. The van der Waals surface area contributed by atoms with Gasteiger partial charge in [0.25, 0.3) is 0 Å². The average Bonchev–Trinajstić information content (AvgIpc) is 3.13. The van der Waals surface area contributed by atoms with Crippen molar-refractivity contribution in [3.05, 3.63) is 101 Å². The van der Waals surface area contributed by atoms with E-state index in [0.717, 1.165) is 27.2 Å². The van der Waals surface area contributed by atoms with Gasteiger partial charge >= 0.3 is 0 Å². The summed E-state index contributed by atoms with van der Waals surface area (Å²) in [5, 5.41) is 2.78. The first kappa shape index (κ1) is 21.4. The number of hydrogen-bond donors (Lipinski definition) is 1. The molecule has 3 aliphatic carbocycles. The van der Waals surface area contributed by atoms with E-state index in [-0.39, 0.29) is 0 Å². The van der Waals surface area contributed by atoms with Crippen LogP contribution in [0.2, 0.25) is 0 Å². The summed E-state index contributed by atoms with van der Waals surface area (Å²) in [6, 6.07) is 22.8. The van der Waals surface area contributed by atoms with Crippen LogP contribution in [0.15, 0.2) is 78.9 Å². The van der Waals surface area contributed by atoms with E-state index in [1.54, 1.807) is 31.2 Å². The van der Waals surface area contributed by atoms with Crippen LogP contribution >= 0.6 is 23.2 Å². The molecule has 0 radical (unpaired) electrons. The zero-order valence-corrected chi connectivity index (χ0v) is 19.7. The van der Waals surface area contributed by atoms with Crippen molar-refractivity contribution < 1.29 is 14.4 Å². The lowest BCUT2D eigenvalue weighted by Crippen LogP contribution is -2.57. The molecule has 2 bridgehead atoms. The molecule has 1 heterocycles. The molecule has 3 atom stereocenters. The smallest absolute Gasteiger partial charge is 0.247 e. The maximum absolute atomic E-state index is 13.9. The summed E-state index contributed by atoms with van der Waals surface area (Å²) in [5.41, 5.74) is 3.51. The van der Waals surface area contributed by atoms with Crippen LogP contribution in [0.5, 0.6) is 0 Å². The Morgan fingerprint density at radius 1 is 0.765 bits per heavy atom. The third-order valence-electron chi connectivity index (χ3n) is 7.43. The molecule has 170 valence electrons. The van der Waals surface area contributed by atoms with Gasteiger partial charge in [-0.15, -0.1) is 23.2 Å². The van der Waals surface area contributed by atoms with E-state index >= 15 is 0 Å². The normalized spacial score (nSPS) is 29.3. The van der Waals surface area contributed by atoms with E-state index in [2.05, 4.69) is 5.32 Å². The first-order chi connectivity index (χ1) is 16.3. The molecule has 1 aliphatic heterocycles. The zero-order chi connectivity index (χ0) is 23.8. The van der Waals surface area contributed by atoms with Crippen molar-refractivity contribution in [1.29, 1.82) is 0 Å². The summed E-state index contributed by atoms with van der Waals surface area (Å²) in [6.45, 7) is 1.55. The molecule has 0 spiro atoms. The number of hydrogen-bond acceptors (Lipinski definition) is 3. The molecular weight excluding hydrogens is 471 g/mol. The van der Waals surface area contributed by atoms with Gasteiger partial charge in [-0.2, -0.15) is 0 Å². The van der Waals surface area contributed by atoms with Gasteiger partial charge < -0.3 is 5.32 Å². The van der Waals surface area contributed by atoms with Crippen molar-refractivity contribution in [3.63, 3.8) is 0 Å². The van der Waals surface area contributed by atoms with E-state index in [1.807, 2.05) is 54.6 Å². The largest absolute Gasteiger partial charge is 0.324 e. The van der Waals surface area contributed by atoms with Crippen LogP contribution in [0.25, 0.3) is 0 Å². The number of imide groups is 1. The number of nitrogens with zero attached hydrogens (tertiary/aromatic N) is 1. The van der Waals surface area contributed by atoms with Gasteiger partial charge in [-0.05, 0) is 41.3 Å². The topological polar surface area (TPSA) is 66.5 Å². The summed E-state index contributed by atoms with van der Waals surface area (Å²) in [6.07, 6.45) is 0. The van der Waals surface area contributed by atoms with Gasteiger partial charge in [-0.25, -0.2) is 0 Å². The van der Waals surface area contributed by atoms with Crippen LogP contribution in [0.1, 0.15) is 29.2 Å². The van der Waals surface area contributed by atoms with Gasteiger partial charge in [0.05, 0.1) is 11.8 Å². The van der Waals surface area contributed by atoms with Crippen LogP contribution < -0.4 is 5.32 Å². The second kappa shape index (κ2) is 7.17. The van der Waals surface area contributed by atoms with Crippen LogP contribution in [-0.4, -0.2) is 28.7 Å².